The minimum Gasteiger partial charge on any atom is -0.491 e. The van der Waals surface area contributed by atoms with Gasteiger partial charge in [-0.05, 0) is 37.5 Å². The fraction of sp³-hybridized carbons (Fsp3) is 0.471. The maximum Gasteiger partial charge on any atom is 0.322 e. The van der Waals surface area contributed by atoms with Crippen LogP contribution in [0.3, 0.4) is 0 Å². The maximum absolute atomic E-state index is 12.1. The van der Waals surface area contributed by atoms with Crippen LogP contribution in [-0.2, 0) is 9.59 Å². The zero-order valence-electron chi connectivity index (χ0n) is 14.4. The molecular weight excluding hydrogens is 310 g/mol. The topological polar surface area (TPSA) is 87.7 Å². The molecule has 0 aliphatic carbocycles. The number of aryl methyl sites for hydroxylation is 2. The van der Waals surface area contributed by atoms with E-state index < -0.39 is 18.0 Å². The highest BCUT2D eigenvalue weighted by molar-refractivity contribution is 6.05. The van der Waals surface area contributed by atoms with E-state index in [-0.39, 0.29) is 12.3 Å². The van der Waals surface area contributed by atoms with E-state index >= 15 is 0 Å². The van der Waals surface area contributed by atoms with E-state index in [1.807, 2.05) is 32.9 Å². The van der Waals surface area contributed by atoms with Gasteiger partial charge in [0.05, 0.1) is 13.0 Å². The highest BCUT2D eigenvalue weighted by Gasteiger charge is 2.32. The molecule has 0 spiro atoms. The second-order valence-corrected chi connectivity index (χ2v) is 6.04. The zero-order valence-corrected chi connectivity index (χ0v) is 14.4. The van der Waals surface area contributed by atoms with Crippen molar-refractivity contribution in [1.82, 2.24) is 15.5 Å². The Hall–Kier alpha value is -2.57. The van der Waals surface area contributed by atoms with E-state index in [4.69, 9.17) is 4.74 Å². The van der Waals surface area contributed by atoms with Gasteiger partial charge in [0, 0.05) is 7.05 Å². The largest absolute Gasteiger partial charge is 0.491 e. The fourth-order valence-corrected chi connectivity index (χ4v) is 2.49. The Morgan fingerprint density at radius 2 is 1.88 bits per heavy atom. The second-order valence-electron chi connectivity index (χ2n) is 6.04. The third-order valence-electron chi connectivity index (χ3n) is 4.21. The lowest BCUT2D eigenvalue weighted by Crippen LogP contribution is -2.38. The number of ether oxygens (including phenoxy) is 1. The van der Waals surface area contributed by atoms with Gasteiger partial charge in [0.25, 0.3) is 5.91 Å². The van der Waals surface area contributed by atoms with Gasteiger partial charge < -0.3 is 15.0 Å². The lowest BCUT2D eigenvalue weighted by Gasteiger charge is -2.20. The summed E-state index contributed by atoms with van der Waals surface area (Å²) in [6.07, 6.45) is -0.0590. The summed E-state index contributed by atoms with van der Waals surface area (Å²) in [4.78, 5) is 36.1. The van der Waals surface area contributed by atoms with Crippen LogP contribution >= 0.6 is 0 Å². The molecule has 4 amide bonds. The molecule has 0 saturated carbocycles. The van der Waals surface area contributed by atoms with E-state index in [1.54, 1.807) is 7.05 Å². The number of nitrogens with one attached hydrogen (secondary N) is 2. The molecule has 0 radical (unpaired) electrons. The van der Waals surface area contributed by atoms with Crippen molar-refractivity contribution in [3.8, 4) is 5.75 Å². The van der Waals surface area contributed by atoms with Gasteiger partial charge in [0.15, 0.2) is 0 Å². The van der Waals surface area contributed by atoms with Crippen LogP contribution in [0.25, 0.3) is 0 Å². The Kier molecular flexibility index (Phi) is 5.43. The Morgan fingerprint density at radius 3 is 2.50 bits per heavy atom. The molecule has 1 heterocycles. The molecule has 1 aliphatic rings. The summed E-state index contributed by atoms with van der Waals surface area (Å²) < 4.78 is 5.83. The van der Waals surface area contributed by atoms with Gasteiger partial charge >= 0.3 is 6.03 Å². The lowest BCUT2D eigenvalue weighted by molar-refractivity contribution is -0.133. The molecule has 2 rings (SSSR count). The smallest absolute Gasteiger partial charge is 0.322 e. The number of carbonyl (C=O) groups is 3. The molecule has 1 aromatic rings. The van der Waals surface area contributed by atoms with Crippen molar-refractivity contribution >= 4 is 17.8 Å². The number of hydrogen-bond donors (Lipinski definition) is 2. The number of likely N-dealkylation sites (N-methyl/N-ethyl adjacent to an activating group) is 1. The number of urea groups is 1. The molecule has 1 aliphatic heterocycles. The standard InChI is InChI=1S/C17H23N3O4/c1-10-5-6-11(2)15(12(10)3)24-8-7-20(4)14(21)9-13-16(22)19-17(23)18-13/h5-6,13H,7-9H2,1-4H3,(H2,18,19,22,23)/t13-/m0/s1. The summed E-state index contributed by atoms with van der Waals surface area (Å²) in [5.74, 6) is 0.154. The highest BCUT2D eigenvalue weighted by Crippen LogP contribution is 2.25. The Morgan fingerprint density at radius 1 is 1.21 bits per heavy atom. The number of rotatable bonds is 6. The maximum atomic E-state index is 12.1. The molecule has 0 bridgehead atoms. The number of benzene rings is 1. The molecule has 1 atom stereocenters. The van der Waals surface area contributed by atoms with Crippen molar-refractivity contribution in [3.05, 3.63) is 28.8 Å². The van der Waals surface area contributed by atoms with Crippen LogP contribution in [0.1, 0.15) is 23.1 Å². The van der Waals surface area contributed by atoms with Crippen molar-refractivity contribution in [2.45, 2.75) is 33.2 Å². The first-order valence-corrected chi connectivity index (χ1v) is 7.84. The quantitative estimate of drug-likeness (QED) is 0.762. The summed E-state index contributed by atoms with van der Waals surface area (Å²) in [5.41, 5.74) is 3.30. The predicted octanol–water partition coefficient (Wildman–Crippen LogP) is 1.05. The summed E-state index contributed by atoms with van der Waals surface area (Å²) in [6, 6.07) is 2.70. The van der Waals surface area contributed by atoms with Crippen LogP contribution in [0.4, 0.5) is 4.79 Å². The van der Waals surface area contributed by atoms with Crippen molar-refractivity contribution in [2.24, 2.45) is 0 Å². The van der Waals surface area contributed by atoms with Crippen molar-refractivity contribution in [3.63, 3.8) is 0 Å². The van der Waals surface area contributed by atoms with Gasteiger partial charge in [-0.25, -0.2) is 4.79 Å². The Balaban J connectivity index is 1.84. The van der Waals surface area contributed by atoms with Gasteiger partial charge in [-0.15, -0.1) is 0 Å². The van der Waals surface area contributed by atoms with Gasteiger partial charge in [-0.1, -0.05) is 12.1 Å². The van der Waals surface area contributed by atoms with Crippen LogP contribution in [0.2, 0.25) is 0 Å². The minimum absolute atomic E-state index is 0.0590. The van der Waals surface area contributed by atoms with E-state index in [1.165, 1.54) is 4.90 Å². The first-order valence-electron chi connectivity index (χ1n) is 7.84. The Bertz CT molecular complexity index is 672. The first kappa shape index (κ1) is 17.8. The van der Waals surface area contributed by atoms with Gasteiger partial charge in [0.1, 0.15) is 18.4 Å². The molecule has 7 heteroatoms. The average molecular weight is 333 g/mol. The summed E-state index contributed by atoms with van der Waals surface area (Å²) >= 11 is 0. The molecule has 0 aromatic heterocycles. The van der Waals surface area contributed by atoms with Crippen molar-refractivity contribution < 1.29 is 19.1 Å². The van der Waals surface area contributed by atoms with E-state index in [9.17, 15) is 14.4 Å². The molecule has 1 saturated heterocycles. The number of nitrogens with zero attached hydrogens (tertiary/aromatic N) is 1. The van der Waals surface area contributed by atoms with Crippen LogP contribution < -0.4 is 15.4 Å². The van der Waals surface area contributed by atoms with E-state index in [0.29, 0.717) is 13.2 Å². The molecule has 24 heavy (non-hydrogen) atoms. The summed E-state index contributed by atoms with van der Waals surface area (Å²) in [5, 5.41) is 4.52. The third-order valence-corrected chi connectivity index (χ3v) is 4.21. The summed E-state index contributed by atoms with van der Waals surface area (Å²) in [7, 11) is 1.65. The molecule has 2 N–H and O–H groups in total. The van der Waals surface area contributed by atoms with E-state index in [0.717, 1.165) is 22.4 Å². The van der Waals surface area contributed by atoms with E-state index in [2.05, 4.69) is 10.6 Å². The average Bonchev–Trinajstić information content (AvgIpc) is 2.84. The predicted molar refractivity (Wildman–Crippen MR) is 88.9 cm³/mol. The number of carbonyl (C=O) groups excluding carboxylic acids is 3. The number of amides is 4. The normalized spacial score (nSPS) is 16.6. The molecule has 1 fully saturated rings. The number of imide groups is 1. The van der Waals surface area contributed by atoms with Crippen LogP contribution in [0.5, 0.6) is 5.75 Å². The Labute approximate surface area is 141 Å². The van der Waals surface area contributed by atoms with Crippen LogP contribution in [0.15, 0.2) is 12.1 Å². The monoisotopic (exact) mass is 333 g/mol. The highest BCUT2D eigenvalue weighted by atomic mass is 16.5. The molecule has 7 nitrogen and oxygen atoms in total. The molecular formula is C17H23N3O4. The van der Waals surface area contributed by atoms with Gasteiger partial charge in [-0.3, -0.25) is 14.9 Å². The first-order chi connectivity index (χ1) is 11.3. The van der Waals surface area contributed by atoms with Gasteiger partial charge in [-0.2, -0.15) is 0 Å². The van der Waals surface area contributed by atoms with Crippen molar-refractivity contribution in [1.29, 1.82) is 0 Å². The van der Waals surface area contributed by atoms with Crippen LogP contribution in [-0.4, -0.2) is 49.0 Å². The number of hydrogen-bond acceptors (Lipinski definition) is 4. The summed E-state index contributed by atoms with van der Waals surface area (Å²) in [6.45, 7) is 6.77. The van der Waals surface area contributed by atoms with Gasteiger partial charge in [0.2, 0.25) is 5.91 Å². The molecule has 1 aromatic carbocycles. The lowest BCUT2D eigenvalue weighted by atomic mass is 10.1. The van der Waals surface area contributed by atoms with Crippen molar-refractivity contribution in [2.75, 3.05) is 20.2 Å². The second kappa shape index (κ2) is 7.33. The molecule has 0 unspecified atom stereocenters. The minimum atomic E-state index is -0.797. The SMILES string of the molecule is Cc1ccc(C)c(OCCN(C)C(=O)C[C@@H]2NC(=O)NC2=O)c1C. The zero-order chi connectivity index (χ0) is 17.9. The fourth-order valence-electron chi connectivity index (χ4n) is 2.49. The third kappa shape index (κ3) is 4.04. The molecule has 130 valence electrons. The van der Waals surface area contributed by atoms with Crippen LogP contribution in [0, 0.1) is 20.8 Å².